The predicted octanol–water partition coefficient (Wildman–Crippen LogP) is 4.67. The molecule has 4 rings (SSSR count). The number of nitrogens with one attached hydrogen (secondary N) is 1. The largest absolute Gasteiger partial charge is 0.319 e. The molecule has 0 saturated carbocycles. The monoisotopic (exact) mass is 442 g/mol. The summed E-state index contributed by atoms with van der Waals surface area (Å²) in [7, 11) is -3.76. The minimum Gasteiger partial charge on any atom is -0.319 e. The van der Waals surface area contributed by atoms with Crippen LogP contribution in [-0.2, 0) is 16.4 Å². The van der Waals surface area contributed by atoms with Crippen molar-refractivity contribution in [2.75, 3.05) is 9.62 Å². The summed E-state index contributed by atoms with van der Waals surface area (Å²) < 4.78 is 54.7. The number of carbonyl (C=O) groups is 1. The van der Waals surface area contributed by atoms with Gasteiger partial charge < -0.3 is 5.32 Å². The van der Waals surface area contributed by atoms with E-state index in [4.69, 9.17) is 0 Å². The molecule has 0 fully saturated rings. The van der Waals surface area contributed by atoms with Crippen molar-refractivity contribution < 1.29 is 22.0 Å². The lowest BCUT2D eigenvalue weighted by Crippen LogP contribution is -2.35. The third kappa shape index (κ3) is 3.90. The van der Waals surface area contributed by atoms with Gasteiger partial charge >= 0.3 is 0 Å². The number of benzene rings is 3. The Bertz CT molecular complexity index is 1270. The van der Waals surface area contributed by atoms with Gasteiger partial charge in [-0.05, 0) is 68.3 Å². The Morgan fingerprint density at radius 2 is 1.74 bits per heavy atom. The lowest BCUT2D eigenvalue weighted by Gasteiger charge is -2.24. The van der Waals surface area contributed by atoms with Crippen molar-refractivity contribution in [3.63, 3.8) is 0 Å². The first kappa shape index (κ1) is 21.0. The minimum absolute atomic E-state index is 0.135. The van der Waals surface area contributed by atoms with Gasteiger partial charge in [-0.3, -0.25) is 9.10 Å². The SMILES string of the molecule is Cc1ccc(S(=O)(=O)N2c3ccc(C(=O)Nc4ccc(F)cc4F)cc3C[C@@H]2C)cc1. The summed E-state index contributed by atoms with van der Waals surface area (Å²) in [6.07, 6.45) is 0.437. The number of nitrogens with zero attached hydrogens (tertiary/aromatic N) is 1. The summed E-state index contributed by atoms with van der Waals surface area (Å²) in [5, 5.41) is 2.42. The van der Waals surface area contributed by atoms with Crippen LogP contribution in [0.4, 0.5) is 20.2 Å². The molecule has 1 aliphatic heterocycles. The Morgan fingerprint density at radius 3 is 2.42 bits per heavy atom. The highest BCUT2D eigenvalue weighted by molar-refractivity contribution is 7.92. The summed E-state index contributed by atoms with van der Waals surface area (Å²) >= 11 is 0. The molecule has 0 radical (unpaired) electrons. The van der Waals surface area contributed by atoms with Crippen LogP contribution in [0.5, 0.6) is 0 Å². The molecule has 3 aromatic rings. The van der Waals surface area contributed by atoms with Crippen LogP contribution in [-0.4, -0.2) is 20.4 Å². The molecule has 1 amide bonds. The molecule has 8 heteroatoms. The van der Waals surface area contributed by atoms with Crippen molar-refractivity contribution in [2.24, 2.45) is 0 Å². The fourth-order valence-corrected chi connectivity index (χ4v) is 5.41. The number of carbonyl (C=O) groups excluding carboxylic acids is 1. The zero-order valence-corrected chi connectivity index (χ0v) is 17.7. The lowest BCUT2D eigenvalue weighted by molar-refractivity contribution is 0.102. The van der Waals surface area contributed by atoms with Crippen LogP contribution in [0.2, 0.25) is 0 Å². The zero-order valence-electron chi connectivity index (χ0n) is 16.9. The lowest BCUT2D eigenvalue weighted by atomic mass is 10.1. The van der Waals surface area contributed by atoms with E-state index in [1.165, 1.54) is 10.4 Å². The maximum absolute atomic E-state index is 13.8. The average molecular weight is 442 g/mol. The highest BCUT2D eigenvalue weighted by atomic mass is 32.2. The summed E-state index contributed by atoms with van der Waals surface area (Å²) in [5.41, 5.74) is 2.29. The number of anilines is 2. The van der Waals surface area contributed by atoms with E-state index in [9.17, 15) is 22.0 Å². The second-order valence-electron chi connectivity index (χ2n) is 7.59. The predicted molar refractivity (Wildman–Crippen MR) is 115 cm³/mol. The maximum atomic E-state index is 13.8. The molecule has 0 saturated heterocycles. The standard InChI is InChI=1S/C23H20F2N2O3S/c1-14-3-7-19(8-4-14)31(29,30)27-15(2)11-17-12-16(5-10-22(17)27)23(28)26-21-9-6-18(24)13-20(21)25/h3-10,12-13,15H,11H2,1-2H3,(H,26,28)/t15-/m0/s1. The van der Waals surface area contributed by atoms with Crippen molar-refractivity contribution in [3.8, 4) is 0 Å². The Morgan fingerprint density at radius 1 is 1.03 bits per heavy atom. The summed E-state index contributed by atoms with van der Waals surface area (Å²) in [6.45, 7) is 3.69. The van der Waals surface area contributed by atoms with Crippen LogP contribution in [0.3, 0.4) is 0 Å². The Labute approximate surface area is 179 Å². The second kappa shape index (κ2) is 7.77. The number of amides is 1. The van der Waals surface area contributed by atoms with Crippen molar-refractivity contribution in [1.29, 1.82) is 0 Å². The Kier molecular flexibility index (Phi) is 5.26. The van der Waals surface area contributed by atoms with Crippen LogP contribution in [0.1, 0.15) is 28.4 Å². The fraction of sp³-hybridized carbons (Fsp3) is 0.174. The molecule has 31 heavy (non-hydrogen) atoms. The van der Waals surface area contributed by atoms with Crippen molar-refractivity contribution >= 4 is 27.3 Å². The molecule has 160 valence electrons. The van der Waals surface area contributed by atoms with Gasteiger partial charge in [0.25, 0.3) is 15.9 Å². The number of hydrogen-bond donors (Lipinski definition) is 1. The number of rotatable bonds is 4. The van der Waals surface area contributed by atoms with E-state index < -0.39 is 27.6 Å². The van der Waals surface area contributed by atoms with E-state index in [1.54, 1.807) is 43.3 Å². The van der Waals surface area contributed by atoms with Crippen molar-refractivity contribution in [3.05, 3.63) is 89.0 Å². The van der Waals surface area contributed by atoms with Crippen LogP contribution < -0.4 is 9.62 Å². The summed E-state index contributed by atoms with van der Waals surface area (Å²) in [5.74, 6) is -2.18. The minimum atomic E-state index is -3.76. The van der Waals surface area contributed by atoms with Gasteiger partial charge in [0.2, 0.25) is 0 Å². The molecule has 1 N–H and O–H groups in total. The van der Waals surface area contributed by atoms with Gasteiger partial charge in [0.05, 0.1) is 16.3 Å². The zero-order chi connectivity index (χ0) is 22.3. The number of halogens is 2. The fourth-order valence-electron chi connectivity index (χ4n) is 3.72. The van der Waals surface area contributed by atoms with E-state index >= 15 is 0 Å². The molecule has 3 aromatic carbocycles. The van der Waals surface area contributed by atoms with Gasteiger partial charge in [0.1, 0.15) is 11.6 Å². The molecule has 0 unspecified atom stereocenters. The Hall–Kier alpha value is -3.26. The Balaban J connectivity index is 1.63. The molecule has 1 heterocycles. The molecular weight excluding hydrogens is 422 g/mol. The van der Waals surface area contributed by atoms with Crippen molar-refractivity contribution in [2.45, 2.75) is 31.2 Å². The summed E-state index contributed by atoms with van der Waals surface area (Å²) in [4.78, 5) is 12.8. The number of sulfonamides is 1. The highest BCUT2D eigenvalue weighted by Gasteiger charge is 2.36. The molecular formula is C23H20F2N2O3S. The summed E-state index contributed by atoms with van der Waals surface area (Å²) in [6, 6.07) is 13.9. The van der Waals surface area contributed by atoms with Gasteiger partial charge in [0, 0.05) is 17.7 Å². The van der Waals surface area contributed by atoms with E-state index in [2.05, 4.69) is 5.32 Å². The third-order valence-electron chi connectivity index (χ3n) is 5.25. The van der Waals surface area contributed by atoms with E-state index in [0.717, 1.165) is 17.7 Å². The third-order valence-corrected chi connectivity index (χ3v) is 7.19. The molecule has 0 aromatic heterocycles. The molecule has 1 atom stereocenters. The van der Waals surface area contributed by atoms with Crippen LogP contribution in [0.25, 0.3) is 0 Å². The van der Waals surface area contributed by atoms with E-state index in [1.807, 2.05) is 6.92 Å². The highest BCUT2D eigenvalue weighted by Crippen LogP contribution is 2.37. The topological polar surface area (TPSA) is 66.5 Å². The van der Waals surface area contributed by atoms with Crippen LogP contribution >= 0.6 is 0 Å². The quantitative estimate of drug-likeness (QED) is 0.639. The van der Waals surface area contributed by atoms with E-state index in [0.29, 0.717) is 23.7 Å². The van der Waals surface area contributed by atoms with E-state index in [-0.39, 0.29) is 22.2 Å². The van der Waals surface area contributed by atoms with Gasteiger partial charge in [-0.25, -0.2) is 17.2 Å². The number of aryl methyl sites for hydroxylation is 1. The normalized spacial score (nSPS) is 15.6. The average Bonchev–Trinajstić information content (AvgIpc) is 3.06. The van der Waals surface area contributed by atoms with Crippen LogP contribution in [0, 0.1) is 18.6 Å². The number of fused-ring (bicyclic) bond motifs is 1. The van der Waals surface area contributed by atoms with Gasteiger partial charge in [-0.2, -0.15) is 0 Å². The molecule has 5 nitrogen and oxygen atoms in total. The first-order chi connectivity index (χ1) is 14.7. The smallest absolute Gasteiger partial charge is 0.264 e. The first-order valence-corrected chi connectivity index (χ1v) is 11.1. The number of hydrogen-bond acceptors (Lipinski definition) is 3. The van der Waals surface area contributed by atoms with Gasteiger partial charge in [-0.1, -0.05) is 17.7 Å². The molecule has 1 aliphatic rings. The molecule has 0 bridgehead atoms. The van der Waals surface area contributed by atoms with Crippen LogP contribution in [0.15, 0.2) is 65.6 Å². The molecule has 0 aliphatic carbocycles. The first-order valence-electron chi connectivity index (χ1n) is 9.67. The van der Waals surface area contributed by atoms with Gasteiger partial charge in [-0.15, -0.1) is 0 Å². The molecule has 0 spiro atoms. The van der Waals surface area contributed by atoms with Gasteiger partial charge in [0.15, 0.2) is 0 Å². The maximum Gasteiger partial charge on any atom is 0.264 e. The second-order valence-corrected chi connectivity index (χ2v) is 9.40. The van der Waals surface area contributed by atoms with Crippen molar-refractivity contribution in [1.82, 2.24) is 0 Å².